The van der Waals surface area contributed by atoms with Gasteiger partial charge in [0.2, 0.25) is 0 Å². The Balaban J connectivity index is 3.54. The van der Waals surface area contributed by atoms with Gasteiger partial charge in [-0.3, -0.25) is 0 Å². The molecule has 0 spiro atoms. The highest BCUT2D eigenvalue weighted by molar-refractivity contribution is 6.30. The molecular weight excluding hydrogens is 196 g/mol. The van der Waals surface area contributed by atoms with E-state index >= 15 is 0 Å². The van der Waals surface area contributed by atoms with Crippen LogP contribution in [0.15, 0.2) is 0 Å². The molecular formula is C11H13ClN2. The first kappa shape index (κ1) is 11.0. The molecule has 1 heterocycles. The van der Waals surface area contributed by atoms with Gasteiger partial charge in [-0.15, -0.1) is 0 Å². The lowest BCUT2D eigenvalue weighted by atomic mass is 9.94. The van der Waals surface area contributed by atoms with Gasteiger partial charge in [0.1, 0.15) is 11.2 Å². The zero-order valence-electron chi connectivity index (χ0n) is 8.85. The summed E-state index contributed by atoms with van der Waals surface area (Å²) < 4.78 is 0. The molecule has 0 bridgehead atoms. The Bertz CT molecular complexity index is 403. The van der Waals surface area contributed by atoms with Gasteiger partial charge in [0.05, 0.1) is 5.56 Å². The van der Waals surface area contributed by atoms with Gasteiger partial charge in [-0.25, -0.2) is 4.98 Å². The Morgan fingerprint density at radius 1 is 1.36 bits per heavy atom. The molecule has 0 amide bonds. The van der Waals surface area contributed by atoms with Crippen molar-refractivity contribution in [3.63, 3.8) is 0 Å². The number of nitrogens with zero attached hydrogens (tertiary/aromatic N) is 2. The first-order chi connectivity index (χ1) is 6.49. The van der Waals surface area contributed by atoms with Crippen LogP contribution in [0.4, 0.5) is 0 Å². The van der Waals surface area contributed by atoms with Gasteiger partial charge in [0, 0.05) is 5.69 Å². The number of aryl methyl sites for hydroxylation is 1. The quantitative estimate of drug-likeness (QED) is 0.664. The fraction of sp³-hybridized carbons (Fsp3) is 0.455. The molecule has 0 fully saturated rings. The van der Waals surface area contributed by atoms with E-state index in [4.69, 9.17) is 16.9 Å². The van der Waals surface area contributed by atoms with E-state index in [1.807, 2.05) is 13.8 Å². The van der Waals surface area contributed by atoms with Crippen LogP contribution in [0.5, 0.6) is 0 Å². The molecule has 0 N–H and O–H groups in total. The molecule has 0 aliphatic heterocycles. The third kappa shape index (κ3) is 1.73. The molecule has 0 aliphatic rings. The SMILES string of the molecule is Cc1nc(Cl)c(C#N)c(C)c1C(C)C. The Morgan fingerprint density at radius 3 is 2.36 bits per heavy atom. The summed E-state index contributed by atoms with van der Waals surface area (Å²) in [5.41, 5.74) is 3.51. The predicted octanol–water partition coefficient (Wildman–Crippen LogP) is 3.35. The second-order valence-corrected chi connectivity index (χ2v) is 4.03. The maximum absolute atomic E-state index is 8.92. The first-order valence-corrected chi connectivity index (χ1v) is 4.93. The van der Waals surface area contributed by atoms with Crippen molar-refractivity contribution < 1.29 is 0 Å². The lowest BCUT2D eigenvalue weighted by molar-refractivity contribution is 0.830. The monoisotopic (exact) mass is 208 g/mol. The van der Waals surface area contributed by atoms with E-state index in [1.165, 1.54) is 0 Å². The Hall–Kier alpha value is -1.07. The number of halogens is 1. The summed E-state index contributed by atoms with van der Waals surface area (Å²) >= 11 is 5.88. The molecule has 3 heteroatoms. The molecule has 0 atom stereocenters. The molecule has 74 valence electrons. The largest absolute Gasteiger partial charge is 0.240 e. The van der Waals surface area contributed by atoms with Crippen molar-refractivity contribution in [3.05, 3.63) is 27.5 Å². The normalized spacial score (nSPS) is 10.4. The number of rotatable bonds is 1. The van der Waals surface area contributed by atoms with Gasteiger partial charge in [0.25, 0.3) is 0 Å². The maximum Gasteiger partial charge on any atom is 0.147 e. The summed E-state index contributed by atoms with van der Waals surface area (Å²) in [5, 5.41) is 9.23. The summed E-state index contributed by atoms with van der Waals surface area (Å²) in [4.78, 5) is 4.17. The highest BCUT2D eigenvalue weighted by atomic mass is 35.5. The zero-order valence-corrected chi connectivity index (χ0v) is 9.61. The summed E-state index contributed by atoms with van der Waals surface area (Å²) in [7, 11) is 0. The highest BCUT2D eigenvalue weighted by Gasteiger charge is 2.15. The number of hydrogen-bond acceptors (Lipinski definition) is 2. The second-order valence-electron chi connectivity index (χ2n) is 3.67. The van der Waals surface area contributed by atoms with Crippen LogP contribution < -0.4 is 0 Å². The van der Waals surface area contributed by atoms with Crippen molar-refractivity contribution in [2.45, 2.75) is 33.6 Å². The maximum atomic E-state index is 8.92. The van der Waals surface area contributed by atoms with Crippen molar-refractivity contribution in [2.24, 2.45) is 0 Å². The highest BCUT2D eigenvalue weighted by Crippen LogP contribution is 2.27. The average molecular weight is 209 g/mol. The van der Waals surface area contributed by atoms with Gasteiger partial charge >= 0.3 is 0 Å². The number of pyridine rings is 1. The van der Waals surface area contributed by atoms with Gasteiger partial charge in [0.15, 0.2) is 0 Å². The number of nitriles is 1. The molecule has 0 aliphatic carbocycles. The van der Waals surface area contributed by atoms with Crippen molar-refractivity contribution in [1.82, 2.24) is 4.98 Å². The van der Waals surface area contributed by atoms with Crippen LogP contribution in [-0.2, 0) is 0 Å². The molecule has 0 unspecified atom stereocenters. The first-order valence-electron chi connectivity index (χ1n) is 4.55. The zero-order chi connectivity index (χ0) is 10.9. The van der Waals surface area contributed by atoms with E-state index in [1.54, 1.807) is 0 Å². The van der Waals surface area contributed by atoms with E-state index in [-0.39, 0.29) is 0 Å². The Labute approximate surface area is 89.5 Å². The van der Waals surface area contributed by atoms with Gasteiger partial charge < -0.3 is 0 Å². The Kier molecular flexibility index (Phi) is 3.13. The van der Waals surface area contributed by atoms with E-state index in [9.17, 15) is 0 Å². The van der Waals surface area contributed by atoms with Crippen molar-refractivity contribution in [3.8, 4) is 6.07 Å². The molecule has 1 aromatic heterocycles. The van der Waals surface area contributed by atoms with Gasteiger partial charge in [-0.05, 0) is 30.9 Å². The summed E-state index contributed by atoms with van der Waals surface area (Å²) in [6, 6.07) is 2.09. The molecule has 0 saturated carbocycles. The van der Waals surface area contributed by atoms with Crippen molar-refractivity contribution in [1.29, 1.82) is 5.26 Å². The van der Waals surface area contributed by atoms with Crippen LogP contribution in [0, 0.1) is 25.2 Å². The third-order valence-electron chi connectivity index (χ3n) is 2.33. The summed E-state index contributed by atoms with van der Waals surface area (Å²) in [5.74, 6) is 0.367. The van der Waals surface area contributed by atoms with Crippen LogP contribution in [-0.4, -0.2) is 4.98 Å². The predicted molar refractivity (Wildman–Crippen MR) is 57.5 cm³/mol. The van der Waals surface area contributed by atoms with Crippen LogP contribution in [0.1, 0.15) is 42.1 Å². The molecule has 0 saturated heterocycles. The molecule has 0 aromatic carbocycles. The van der Waals surface area contributed by atoms with Crippen molar-refractivity contribution >= 4 is 11.6 Å². The number of hydrogen-bond donors (Lipinski definition) is 0. The molecule has 2 nitrogen and oxygen atoms in total. The Morgan fingerprint density at radius 2 is 1.93 bits per heavy atom. The lowest BCUT2D eigenvalue weighted by Crippen LogP contribution is -2.02. The van der Waals surface area contributed by atoms with Crippen molar-refractivity contribution in [2.75, 3.05) is 0 Å². The third-order valence-corrected chi connectivity index (χ3v) is 2.60. The minimum Gasteiger partial charge on any atom is -0.240 e. The second kappa shape index (κ2) is 3.98. The summed E-state index contributed by atoms with van der Waals surface area (Å²) in [6.07, 6.45) is 0. The minimum atomic E-state index is 0.312. The smallest absolute Gasteiger partial charge is 0.147 e. The van der Waals surface area contributed by atoms with Gasteiger partial charge in [-0.1, -0.05) is 25.4 Å². The molecule has 14 heavy (non-hydrogen) atoms. The number of aromatic nitrogens is 1. The van der Waals surface area contributed by atoms with Crippen LogP contribution in [0.2, 0.25) is 5.15 Å². The minimum absolute atomic E-state index is 0.312. The summed E-state index contributed by atoms with van der Waals surface area (Å²) in [6.45, 7) is 8.03. The average Bonchev–Trinajstić information content (AvgIpc) is 2.02. The molecule has 0 radical (unpaired) electrons. The van der Waals surface area contributed by atoms with E-state index in [0.717, 1.165) is 16.8 Å². The van der Waals surface area contributed by atoms with E-state index < -0.39 is 0 Å². The van der Waals surface area contributed by atoms with Crippen LogP contribution in [0.25, 0.3) is 0 Å². The topological polar surface area (TPSA) is 36.7 Å². The van der Waals surface area contributed by atoms with E-state index in [2.05, 4.69) is 24.9 Å². The molecule has 1 aromatic rings. The van der Waals surface area contributed by atoms with Crippen LogP contribution in [0.3, 0.4) is 0 Å². The van der Waals surface area contributed by atoms with Crippen LogP contribution >= 0.6 is 11.6 Å². The lowest BCUT2D eigenvalue weighted by Gasteiger charge is -2.14. The standard InChI is InChI=1S/C11H13ClN2/c1-6(2)10-7(3)9(5-13)11(12)14-8(10)4/h6H,1-4H3. The fourth-order valence-electron chi connectivity index (χ4n) is 1.80. The molecule has 1 rings (SSSR count). The van der Waals surface area contributed by atoms with E-state index in [0.29, 0.717) is 16.6 Å². The fourth-order valence-corrected chi connectivity index (χ4v) is 2.12. The van der Waals surface area contributed by atoms with Gasteiger partial charge in [-0.2, -0.15) is 5.26 Å².